The van der Waals surface area contributed by atoms with Crippen LogP contribution in [0.1, 0.15) is 17.4 Å². The van der Waals surface area contributed by atoms with Gasteiger partial charge in [-0.15, -0.1) is 0 Å². The zero-order chi connectivity index (χ0) is 13.3. The Kier molecular flexibility index (Phi) is 3.77. The van der Waals surface area contributed by atoms with Gasteiger partial charge in [0.2, 0.25) is 5.88 Å². The summed E-state index contributed by atoms with van der Waals surface area (Å²) < 4.78 is 12.2. The summed E-state index contributed by atoms with van der Waals surface area (Å²) >= 11 is 9.51. The first-order valence-electron chi connectivity index (χ1n) is 5.18. The first-order valence-corrected chi connectivity index (χ1v) is 6.35. The Morgan fingerprint density at radius 2 is 2.28 bits per heavy atom. The first kappa shape index (κ1) is 13.2. The van der Waals surface area contributed by atoms with E-state index in [1.165, 1.54) is 11.6 Å². The highest BCUT2D eigenvalue weighted by molar-refractivity contribution is 9.10. The Balaban J connectivity index is 2.68. The van der Waals surface area contributed by atoms with Crippen molar-refractivity contribution >= 4 is 39.0 Å². The van der Waals surface area contributed by atoms with E-state index >= 15 is 0 Å². The van der Waals surface area contributed by atoms with Crippen LogP contribution in [-0.4, -0.2) is 29.3 Å². The van der Waals surface area contributed by atoms with Gasteiger partial charge >= 0.3 is 5.97 Å². The van der Waals surface area contributed by atoms with Crippen molar-refractivity contribution in [1.29, 1.82) is 0 Å². The summed E-state index contributed by atoms with van der Waals surface area (Å²) in [6.45, 7) is 1.99. The van der Waals surface area contributed by atoms with Crippen molar-refractivity contribution in [2.75, 3.05) is 13.7 Å². The summed E-state index contributed by atoms with van der Waals surface area (Å²) in [7, 11) is 1.52. The average Bonchev–Trinajstić information content (AvgIpc) is 2.69. The third-order valence-corrected chi connectivity index (χ3v) is 3.31. The molecule has 0 bridgehead atoms. The van der Waals surface area contributed by atoms with E-state index < -0.39 is 5.97 Å². The minimum absolute atomic E-state index is 0.0729. The van der Waals surface area contributed by atoms with Crippen molar-refractivity contribution in [2.24, 2.45) is 0 Å². The van der Waals surface area contributed by atoms with Crippen LogP contribution >= 0.6 is 27.5 Å². The molecule has 2 heterocycles. The van der Waals surface area contributed by atoms with E-state index in [1.54, 1.807) is 19.1 Å². The Bertz CT molecular complexity index is 612. The Labute approximate surface area is 117 Å². The molecule has 2 aromatic heterocycles. The number of pyridine rings is 1. The largest absolute Gasteiger partial charge is 0.481 e. The maximum Gasteiger partial charge on any atom is 0.360 e. The third-order valence-electron chi connectivity index (χ3n) is 2.31. The summed E-state index contributed by atoms with van der Waals surface area (Å²) in [5, 5.41) is 4.35. The standard InChI is InChI=1S/C11H10BrClN2O3/c1-3-18-11(16)9-8(13)10-6(12)4-5-7(17-2)15(10)14-9/h4-5H,3H2,1-2H3. The maximum atomic E-state index is 11.7. The Morgan fingerprint density at radius 3 is 2.89 bits per heavy atom. The van der Waals surface area contributed by atoms with Crippen LogP contribution in [0, 0.1) is 0 Å². The number of ether oxygens (including phenoxy) is 2. The van der Waals surface area contributed by atoms with Gasteiger partial charge in [0.1, 0.15) is 10.5 Å². The topological polar surface area (TPSA) is 52.8 Å². The highest BCUT2D eigenvalue weighted by Gasteiger charge is 2.22. The van der Waals surface area contributed by atoms with Crippen LogP contribution in [0.5, 0.6) is 5.88 Å². The van der Waals surface area contributed by atoms with Crippen LogP contribution in [0.3, 0.4) is 0 Å². The zero-order valence-corrected chi connectivity index (χ0v) is 12.1. The van der Waals surface area contributed by atoms with E-state index in [9.17, 15) is 4.79 Å². The summed E-state index contributed by atoms with van der Waals surface area (Å²) in [6.07, 6.45) is 0. The smallest absolute Gasteiger partial charge is 0.360 e. The minimum atomic E-state index is -0.555. The molecule has 0 amide bonds. The fourth-order valence-corrected chi connectivity index (χ4v) is 2.45. The van der Waals surface area contributed by atoms with Crippen molar-refractivity contribution in [2.45, 2.75) is 6.92 Å². The second-order valence-corrected chi connectivity index (χ2v) is 4.60. The molecule has 0 saturated carbocycles. The van der Waals surface area contributed by atoms with E-state index in [1.807, 2.05) is 0 Å². The quantitative estimate of drug-likeness (QED) is 0.810. The van der Waals surface area contributed by atoms with Crippen LogP contribution in [0.4, 0.5) is 0 Å². The molecule has 0 aliphatic heterocycles. The summed E-state index contributed by atoms with van der Waals surface area (Å²) in [6, 6.07) is 3.49. The molecule has 0 radical (unpaired) electrons. The molecule has 0 spiro atoms. The fraction of sp³-hybridized carbons (Fsp3) is 0.273. The van der Waals surface area contributed by atoms with Crippen molar-refractivity contribution < 1.29 is 14.3 Å². The van der Waals surface area contributed by atoms with Gasteiger partial charge < -0.3 is 9.47 Å². The molecule has 0 aromatic carbocycles. The van der Waals surface area contributed by atoms with Crippen LogP contribution in [-0.2, 0) is 4.74 Å². The molecule has 96 valence electrons. The number of methoxy groups -OCH3 is 1. The molecule has 0 unspecified atom stereocenters. The van der Waals surface area contributed by atoms with Gasteiger partial charge in [-0.05, 0) is 28.9 Å². The minimum Gasteiger partial charge on any atom is -0.481 e. The summed E-state index contributed by atoms with van der Waals surface area (Å²) in [4.78, 5) is 11.7. The molecule has 0 N–H and O–H groups in total. The SMILES string of the molecule is CCOC(=O)c1nn2c(OC)ccc(Br)c2c1Cl. The Hall–Kier alpha value is -1.27. The number of fused-ring (bicyclic) bond motifs is 1. The molecule has 0 fully saturated rings. The van der Waals surface area contributed by atoms with Gasteiger partial charge in [0.25, 0.3) is 0 Å². The second-order valence-electron chi connectivity index (χ2n) is 3.37. The highest BCUT2D eigenvalue weighted by Crippen LogP contribution is 2.32. The second kappa shape index (κ2) is 5.16. The van der Waals surface area contributed by atoms with Gasteiger partial charge in [0.05, 0.1) is 13.7 Å². The molecular formula is C11H10BrClN2O3. The van der Waals surface area contributed by atoms with Crippen molar-refractivity contribution in [1.82, 2.24) is 9.61 Å². The lowest BCUT2D eigenvalue weighted by molar-refractivity contribution is 0.0519. The number of carbonyl (C=O) groups is 1. The highest BCUT2D eigenvalue weighted by atomic mass is 79.9. The van der Waals surface area contributed by atoms with Crippen LogP contribution in [0.15, 0.2) is 16.6 Å². The number of hydrogen-bond acceptors (Lipinski definition) is 4. The Morgan fingerprint density at radius 1 is 1.56 bits per heavy atom. The van der Waals surface area contributed by atoms with E-state index in [0.29, 0.717) is 11.4 Å². The maximum absolute atomic E-state index is 11.7. The van der Waals surface area contributed by atoms with Gasteiger partial charge in [-0.2, -0.15) is 9.61 Å². The first-order chi connectivity index (χ1) is 8.60. The molecule has 0 atom stereocenters. The number of rotatable bonds is 3. The average molecular weight is 334 g/mol. The number of aromatic nitrogens is 2. The van der Waals surface area contributed by atoms with E-state index in [0.717, 1.165) is 4.47 Å². The normalized spacial score (nSPS) is 10.7. The van der Waals surface area contributed by atoms with E-state index in [2.05, 4.69) is 21.0 Å². The van der Waals surface area contributed by atoms with Crippen LogP contribution < -0.4 is 4.74 Å². The molecule has 7 heteroatoms. The fourth-order valence-electron chi connectivity index (χ4n) is 1.54. The predicted octanol–water partition coefficient (Wildman–Crippen LogP) is 2.94. The van der Waals surface area contributed by atoms with E-state index in [4.69, 9.17) is 21.1 Å². The van der Waals surface area contributed by atoms with Crippen LogP contribution in [0.25, 0.3) is 5.52 Å². The van der Waals surface area contributed by atoms with Gasteiger partial charge in [-0.3, -0.25) is 0 Å². The van der Waals surface area contributed by atoms with Gasteiger partial charge in [-0.1, -0.05) is 11.6 Å². The van der Waals surface area contributed by atoms with Crippen molar-refractivity contribution in [3.63, 3.8) is 0 Å². The molecule has 0 aliphatic rings. The number of halogens is 2. The number of hydrogen-bond donors (Lipinski definition) is 0. The molecule has 0 saturated heterocycles. The summed E-state index contributed by atoms with van der Waals surface area (Å²) in [5.41, 5.74) is 0.641. The molecular weight excluding hydrogens is 323 g/mol. The lowest BCUT2D eigenvalue weighted by atomic mass is 10.3. The van der Waals surface area contributed by atoms with Crippen molar-refractivity contribution in [3.05, 3.63) is 27.3 Å². The van der Waals surface area contributed by atoms with E-state index in [-0.39, 0.29) is 17.3 Å². The zero-order valence-electron chi connectivity index (χ0n) is 9.74. The van der Waals surface area contributed by atoms with Gasteiger partial charge in [-0.25, -0.2) is 4.79 Å². The molecule has 5 nitrogen and oxygen atoms in total. The lowest BCUT2D eigenvalue weighted by Gasteiger charge is -2.03. The third kappa shape index (κ3) is 2.06. The molecule has 0 aliphatic carbocycles. The van der Waals surface area contributed by atoms with Gasteiger partial charge in [0.15, 0.2) is 5.69 Å². The number of nitrogens with zero attached hydrogens (tertiary/aromatic N) is 2. The lowest BCUT2D eigenvalue weighted by Crippen LogP contribution is -2.06. The van der Waals surface area contributed by atoms with Crippen molar-refractivity contribution in [3.8, 4) is 5.88 Å². The molecule has 18 heavy (non-hydrogen) atoms. The number of carbonyl (C=O) groups excluding carboxylic acids is 1. The molecule has 2 aromatic rings. The van der Waals surface area contributed by atoms with Gasteiger partial charge in [0, 0.05) is 10.5 Å². The molecule has 2 rings (SSSR count). The monoisotopic (exact) mass is 332 g/mol. The van der Waals surface area contributed by atoms with Crippen LogP contribution in [0.2, 0.25) is 5.02 Å². The number of esters is 1. The predicted molar refractivity (Wildman–Crippen MR) is 70.4 cm³/mol. The summed E-state index contributed by atoms with van der Waals surface area (Å²) in [5.74, 6) is -0.0780.